The first kappa shape index (κ1) is 14.2. The molecule has 0 aliphatic rings. The Morgan fingerprint density at radius 2 is 1.50 bits per heavy atom. The van der Waals surface area contributed by atoms with E-state index >= 15 is 0 Å². The molecular weight excluding hydrogens is 252 g/mol. The van der Waals surface area contributed by atoms with Gasteiger partial charge in [-0.2, -0.15) is 0 Å². The maximum atomic E-state index is 11.9. The summed E-state index contributed by atoms with van der Waals surface area (Å²) < 4.78 is 5.19. The summed E-state index contributed by atoms with van der Waals surface area (Å²) in [6.45, 7) is 0.203. The lowest BCUT2D eigenvalue weighted by atomic mass is 10.0. The molecule has 0 radical (unpaired) electrons. The number of carbonyl (C=O) groups is 1. The number of hydrogen-bond acceptors (Lipinski definition) is 4. The fourth-order valence-corrected chi connectivity index (χ4v) is 1.85. The molecule has 0 bridgehead atoms. The van der Waals surface area contributed by atoms with Crippen molar-refractivity contribution in [1.29, 1.82) is 0 Å². The molecule has 0 spiro atoms. The monoisotopic (exact) mass is 270 g/mol. The largest absolute Gasteiger partial charge is 0.460 e. The van der Waals surface area contributed by atoms with Crippen LogP contribution in [0.5, 0.6) is 0 Å². The minimum Gasteiger partial charge on any atom is -0.460 e. The third kappa shape index (κ3) is 3.66. The van der Waals surface area contributed by atoms with E-state index in [1.165, 1.54) is 0 Å². The second-order valence-electron chi connectivity index (χ2n) is 4.56. The smallest absolute Gasteiger partial charge is 0.325 e. The van der Waals surface area contributed by atoms with E-state index in [1.54, 1.807) is 0 Å². The summed E-state index contributed by atoms with van der Waals surface area (Å²) in [5.41, 5.74) is 13.6. The van der Waals surface area contributed by atoms with E-state index in [0.717, 1.165) is 11.1 Å². The van der Waals surface area contributed by atoms with Gasteiger partial charge in [-0.3, -0.25) is 4.79 Å². The van der Waals surface area contributed by atoms with Gasteiger partial charge in [-0.1, -0.05) is 60.7 Å². The summed E-state index contributed by atoms with van der Waals surface area (Å²) in [6.07, 6.45) is 0. The SMILES string of the molecule is NC(c1ccccc1)[C@@H](N)C(=O)OCc1ccccc1. The first-order valence-electron chi connectivity index (χ1n) is 6.45. The molecule has 0 heterocycles. The maximum absolute atomic E-state index is 11.9. The molecule has 4 N–H and O–H groups in total. The minimum atomic E-state index is -0.874. The average molecular weight is 270 g/mol. The Morgan fingerprint density at radius 1 is 0.950 bits per heavy atom. The minimum absolute atomic E-state index is 0.203. The van der Waals surface area contributed by atoms with Gasteiger partial charge >= 0.3 is 5.97 Å². The van der Waals surface area contributed by atoms with Crippen LogP contribution in [-0.2, 0) is 16.1 Å². The van der Waals surface area contributed by atoms with Crippen molar-refractivity contribution < 1.29 is 9.53 Å². The first-order valence-corrected chi connectivity index (χ1v) is 6.45. The molecule has 0 aromatic heterocycles. The van der Waals surface area contributed by atoms with E-state index in [2.05, 4.69) is 0 Å². The topological polar surface area (TPSA) is 78.3 Å². The van der Waals surface area contributed by atoms with Crippen LogP contribution in [0.3, 0.4) is 0 Å². The lowest BCUT2D eigenvalue weighted by molar-refractivity contribution is -0.147. The summed E-state index contributed by atoms with van der Waals surface area (Å²) in [4.78, 5) is 11.9. The Balaban J connectivity index is 1.92. The highest BCUT2D eigenvalue weighted by molar-refractivity contribution is 5.76. The molecule has 104 valence electrons. The van der Waals surface area contributed by atoms with Gasteiger partial charge in [0, 0.05) is 0 Å². The molecule has 2 rings (SSSR count). The van der Waals surface area contributed by atoms with E-state index in [1.807, 2.05) is 60.7 Å². The molecular formula is C16H18N2O2. The van der Waals surface area contributed by atoms with Gasteiger partial charge in [-0.15, -0.1) is 0 Å². The Bertz CT molecular complexity index is 543. The normalized spacial score (nSPS) is 13.5. The van der Waals surface area contributed by atoms with Crippen molar-refractivity contribution in [3.8, 4) is 0 Å². The molecule has 0 amide bonds. The summed E-state index contributed by atoms with van der Waals surface area (Å²) in [6, 6.07) is 17.3. The van der Waals surface area contributed by atoms with Gasteiger partial charge in [0.2, 0.25) is 0 Å². The van der Waals surface area contributed by atoms with Crippen LogP contribution in [-0.4, -0.2) is 12.0 Å². The molecule has 20 heavy (non-hydrogen) atoms. The fraction of sp³-hybridized carbons (Fsp3) is 0.188. The van der Waals surface area contributed by atoms with Gasteiger partial charge in [-0.25, -0.2) is 0 Å². The Hall–Kier alpha value is -2.17. The molecule has 0 saturated heterocycles. The third-order valence-electron chi connectivity index (χ3n) is 3.07. The van der Waals surface area contributed by atoms with Crippen LogP contribution in [0.1, 0.15) is 17.2 Å². The van der Waals surface area contributed by atoms with E-state index in [0.29, 0.717) is 0 Å². The van der Waals surface area contributed by atoms with Gasteiger partial charge in [0.05, 0.1) is 6.04 Å². The molecule has 0 aliphatic carbocycles. The highest BCUT2D eigenvalue weighted by Gasteiger charge is 2.24. The van der Waals surface area contributed by atoms with Crippen molar-refractivity contribution >= 4 is 5.97 Å². The molecule has 0 fully saturated rings. The van der Waals surface area contributed by atoms with E-state index in [-0.39, 0.29) is 6.61 Å². The Morgan fingerprint density at radius 3 is 2.10 bits per heavy atom. The average Bonchev–Trinajstić information content (AvgIpc) is 2.53. The second-order valence-corrected chi connectivity index (χ2v) is 4.56. The van der Waals surface area contributed by atoms with E-state index in [9.17, 15) is 4.79 Å². The van der Waals surface area contributed by atoms with Crippen LogP contribution in [0.2, 0.25) is 0 Å². The quantitative estimate of drug-likeness (QED) is 0.811. The van der Waals surface area contributed by atoms with Gasteiger partial charge in [0.1, 0.15) is 12.6 Å². The van der Waals surface area contributed by atoms with Crippen LogP contribution >= 0.6 is 0 Å². The molecule has 2 aromatic carbocycles. The van der Waals surface area contributed by atoms with Crippen molar-refractivity contribution in [1.82, 2.24) is 0 Å². The zero-order chi connectivity index (χ0) is 14.4. The van der Waals surface area contributed by atoms with Crippen LogP contribution in [0.4, 0.5) is 0 Å². The number of carbonyl (C=O) groups excluding carboxylic acids is 1. The standard InChI is InChI=1S/C16H18N2O2/c17-14(13-9-5-2-6-10-13)15(18)16(19)20-11-12-7-3-1-4-8-12/h1-10,14-15H,11,17-18H2/t14?,15-/m1/s1. The summed E-state index contributed by atoms with van der Waals surface area (Å²) in [5, 5.41) is 0. The summed E-state index contributed by atoms with van der Waals surface area (Å²) >= 11 is 0. The molecule has 0 saturated carbocycles. The van der Waals surface area contributed by atoms with Crippen molar-refractivity contribution in [3.63, 3.8) is 0 Å². The van der Waals surface area contributed by atoms with Crippen LogP contribution in [0, 0.1) is 0 Å². The van der Waals surface area contributed by atoms with Gasteiger partial charge in [-0.05, 0) is 11.1 Å². The molecule has 1 unspecified atom stereocenters. The lowest BCUT2D eigenvalue weighted by Crippen LogP contribution is -2.42. The van der Waals surface area contributed by atoms with Gasteiger partial charge < -0.3 is 16.2 Å². The van der Waals surface area contributed by atoms with Crippen LogP contribution < -0.4 is 11.5 Å². The van der Waals surface area contributed by atoms with Crippen molar-refractivity contribution in [2.45, 2.75) is 18.7 Å². The van der Waals surface area contributed by atoms with Gasteiger partial charge in [0.25, 0.3) is 0 Å². The number of hydrogen-bond donors (Lipinski definition) is 2. The Labute approximate surface area is 118 Å². The highest BCUT2D eigenvalue weighted by Crippen LogP contribution is 2.14. The van der Waals surface area contributed by atoms with E-state index < -0.39 is 18.1 Å². The van der Waals surface area contributed by atoms with Crippen LogP contribution in [0.25, 0.3) is 0 Å². The second kappa shape index (κ2) is 6.84. The molecule has 2 aromatic rings. The molecule has 4 heteroatoms. The highest BCUT2D eigenvalue weighted by atomic mass is 16.5. The van der Waals surface area contributed by atoms with Crippen molar-refractivity contribution in [2.24, 2.45) is 11.5 Å². The summed E-state index contributed by atoms with van der Waals surface area (Å²) in [7, 11) is 0. The van der Waals surface area contributed by atoms with Gasteiger partial charge in [0.15, 0.2) is 0 Å². The van der Waals surface area contributed by atoms with Crippen molar-refractivity contribution in [2.75, 3.05) is 0 Å². The third-order valence-corrected chi connectivity index (χ3v) is 3.07. The van der Waals surface area contributed by atoms with Crippen molar-refractivity contribution in [3.05, 3.63) is 71.8 Å². The predicted octanol–water partition coefficient (Wildman–Crippen LogP) is 1.76. The number of rotatable bonds is 5. The zero-order valence-corrected chi connectivity index (χ0v) is 11.1. The number of ether oxygens (including phenoxy) is 1. The summed E-state index contributed by atoms with van der Waals surface area (Å²) in [5.74, 6) is -0.495. The number of nitrogens with two attached hydrogens (primary N) is 2. The molecule has 2 atom stereocenters. The predicted molar refractivity (Wildman–Crippen MR) is 77.6 cm³/mol. The zero-order valence-electron chi connectivity index (χ0n) is 11.1. The molecule has 0 aliphatic heterocycles. The molecule has 4 nitrogen and oxygen atoms in total. The maximum Gasteiger partial charge on any atom is 0.325 e. The lowest BCUT2D eigenvalue weighted by Gasteiger charge is -2.19. The fourth-order valence-electron chi connectivity index (χ4n) is 1.85. The van der Waals surface area contributed by atoms with E-state index in [4.69, 9.17) is 16.2 Å². The number of esters is 1. The number of benzene rings is 2. The Kier molecular flexibility index (Phi) is 4.87. The first-order chi connectivity index (χ1) is 9.68. The van der Waals surface area contributed by atoms with Crippen LogP contribution in [0.15, 0.2) is 60.7 Å².